The average Bonchev–Trinajstić information content (AvgIpc) is 2.72. The van der Waals surface area contributed by atoms with Crippen LogP contribution in [-0.2, 0) is 19.1 Å². The van der Waals surface area contributed by atoms with Crippen molar-refractivity contribution in [2.45, 2.75) is 6.92 Å². The van der Waals surface area contributed by atoms with Crippen molar-refractivity contribution < 1.29 is 28.7 Å². The number of nitrogens with two attached hydrogens (primary N) is 1. The van der Waals surface area contributed by atoms with Crippen molar-refractivity contribution in [3.05, 3.63) is 47.5 Å². The summed E-state index contributed by atoms with van der Waals surface area (Å²) in [5.41, 5.74) is 7.35. The van der Waals surface area contributed by atoms with E-state index >= 15 is 0 Å². The van der Waals surface area contributed by atoms with Crippen LogP contribution in [0.2, 0.25) is 0 Å². The lowest BCUT2D eigenvalue weighted by molar-refractivity contribution is -0.115. The van der Waals surface area contributed by atoms with Crippen molar-refractivity contribution in [3.63, 3.8) is 0 Å². The number of nitrogen functional groups attached to an aromatic ring is 1. The number of carbonyl (C=O) groups is 4. The molecular formula is C20H22N4O6. The van der Waals surface area contributed by atoms with Gasteiger partial charge < -0.3 is 31.2 Å². The van der Waals surface area contributed by atoms with Crippen molar-refractivity contribution >= 4 is 46.5 Å². The van der Waals surface area contributed by atoms with Gasteiger partial charge in [0.2, 0.25) is 11.8 Å². The molecule has 0 aliphatic carbocycles. The van der Waals surface area contributed by atoms with Crippen LogP contribution in [0.25, 0.3) is 0 Å². The second-order valence-electron chi connectivity index (χ2n) is 6.13. The first-order chi connectivity index (χ1) is 14.2. The highest BCUT2D eigenvalue weighted by Gasteiger charge is 2.15. The molecule has 10 heteroatoms. The lowest BCUT2D eigenvalue weighted by Gasteiger charge is -2.13. The molecular weight excluding hydrogens is 392 g/mol. The lowest BCUT2D eigenvalue weighted by Crippen LogP contribution is -2.23. The van der Waals surface area contributed by atoms with E-state index in [9.17, 15) is 19.2 Å². The molecule has 0 unspecified atom stereocenters. The number of nitrogens with one attached hydrogen (secondary N) is 3. The summed E-state index contributed by atoms with van der Waals surface area (Å²) >= 11 is 0. The van der Waals surface area contributed by atoms with Gasteiger partial charge in [-0.25, -0.2) is 9.59 Å². The van der Waals surface area contributed by atoms with Gasteiger partial charge in [-0.2, -0.15) is 0 Å². The third-order valence-electron chi connectivity index (χ3n) is 3.93. The minimum Gasteiger partial charge on any atom is -0.465 e. The van der Waals surface area contributed by atoms with Crippen molar-refractivity contribution in [1.29, 1.82) is 0 Å². The molecule has 0 aromatic heterocycles. The minimum atomic E-state index is -0.633. The summed E-state index contributed by atoms with van der Waals surface area (Å²) < 4.78 is 9.40. The Morgan fingerprint density at radius 2 is 1.43 bits per heavy atom. The average molecular weight is 414 g/mol. The van der Waals surface area contributed by atoms with Crippen molar-refractivity contribution in [3.8, 4) is 0 Å². The Morgan fingerprint density at radius 1 is 0.867 bits per heavy atom. The van der Waals surface area contributed by atoms with Gasteiger partial charge in [0.1, 0.15) is 0 Å². The smallest absolute Gasteiger partial charge is 0.340 e. The molecule has 2 rings (SSSR count). The predicted molar refractivity (Wildman–Crippen MR) is 111 cm³/mol. The van der Waals surface area contributed by atoms with E-state index in [-0.39, 0.29) is 29.3 Å². The largest absolute Gasteiger partial charge is 0.465 e. The summed E-state index contributed by atoms with van der Waals surface area (Å²) in [7, 11) is 2.46. The molecule has 158 valence electrons. The first kappa shape index (κ1) is 22.2. The molecule has 2 aromatic carbocycles. The minimum absolute atomic E-state index is 0.129. The standard InChI is InChI=1S/C20H22N4O6/c1-11(25)23-12-5-7-17(15(9-12)20(28)30-3)22-10-18(26)24-13-4-6-16(21)14(8-13)19(27)29-2/h4-9,22H,10,21H2,1-3H3,(H,23,25)(H,24,26). The van der Waals surface area contributed by atoms with E-state index in [0.717, 1.165) is 0 Å². The Balaban J connectivity index is 2.11. The number of carbonyl (C=O) groups excluding carboxylic acids is 4. The Labute approximate surface area is 172 Å². The number of anilines is 4. The van der Waals surface area contributed by atoms with Crippen LogP contribution < -0.4 is 21.7 Å². The van der Waals surface area contributed by atoms with Crippen LogP contribution in [0.15, 0.2) is 36.4 Å². The van der Waals surface area contributed by atoms with Crippen LogP contribution >= 0.6 is 0 Å². The molecule has 0 saturated heterocycles. The van der Waals surface area contributed by atoms with Crippen LogP contribution in [0, 0.1) is 0 Å². The Kier molecular flexibility index (Phi) is 7.34. The SMILES string of the molecule is COC(=O)c1cc(NC(=O)CNc2ccc(NC(C)=O)cc2C(=O)OC)ccc1N. The normalized spacial score (nSPS) is 9.97. The van der Waals surface area contributed by atoms with Crippen LogP contribution in [-0.4, -0.2) is 44.5 Å². The quantitative estimate of drug-likeness (QED) is 0.396. The highest BCUT2D eigenvalue weighted by Crippen LogP contribution is 2.22. The van der Waals surface area contributed by atoms with Gasteiger partial charge in [-0.05, 0) is 36.4 Å². The van der Waals surface area contributed by atoms with Gasteiger partial charge in [0.05, 0.1) is 31.9 Å². The molecule has 0 spiro atoms. The second-order valence-corrected chi connectivity index (χ2v) is 6.13. The van der Waals surface area contributed by atoms with E-state index < -0.39 is 17.8 Å². The fourth-order valence-electron chi connectivity index (χ4n) is 2.56. The molecule has 0 saturated carbocycles. The molecule has 5 N–H and O–H groups in total. The second kappa shape index (κ2) is 9.92. The zero-order chi connectivity index (χ0) is 22.3. The summed E-state index contributed by atoms with van der Waals surface area (Å²) in [6.45, 7) is 1.17. The lowest BCUT2D eigenvalue weighted by atomic mass is 10.1. The number of hydrogen-bond donors (Lipinski definition) is 4. The fourth-order valence-corrected chi connectivity index (χ4v) is 2.56. The topological polar surface area (TPSA) is 149 Å². The van der Waals surface area contributed by atoms with E-state index in [1.165, 1.54) is 39.3 Å². The van der Waals surface area contributed by atoms with Crippen molar-refractivity contribution in [1.82, 2.24) is 0 Å². The van der Waals surface area contributed by atoms with E-state index in [1.54, 1.807) is 18.2 Å². The highest BCUT2D eigenvalue weighted by atomic mass is 16.5. The molecule has 2 aromatic rings. The summed E-state index contributed by atoms with van der Waals surface area (Å²) in [4.78, 5) is 47.2. The Morgan fingerprint density at radius 3 is 2.07 bits per heavy atom. The molecule has 0 bridgehead atoms. The van der Waals surface area contributed by atoms with E-state index in [0.29, 0.717) is 17.1 Å². The maximum absolute atomic E-state index is 12.3. The first-order valence-corrected chi connectivity index (χ1v) is 8.76. The number of hydrogen-bond acceptors (Lipinski definition) is 8. The number of rotatable bonds is 7. The number of esters is 2. The highest BCUT2D eigenvalue weighted by molar-refractivity contribution is 6.01. The van der Waals surface area contributed by atoms with E-state index in [1.807, 2.05) is 0 Å². The molecule has 0 aliphatic heterocycles. The van der Waals surface area contributed by atoms with Crippen molar-refractivity contribution in [2.24, 2.45) is 0 Å². The number of methoxy groups -OCH3 is 2. The van der Waals surface area contributed by atoms with Gasteiger partial charge in [0.15, 0.2) is 0 Å². The fraction of sp³-hybridized carbons (Fsp3) is 0.200. The van der Waals surface area contributed by atoms with Crippen LogP contribution in [0.5, 0.6) is 0 Å². The van der Waals surface area contributed by atoms with Gasteiger partial charge in [-0.15, -0.1) is 0 Å². The van der Waals surface area contributed by atoms with Crippen LogP contribution in [0.4, 0.5) is 22.7 Å². The van der Waals surface area contributed by atoms with Gasteiger partial charge in [0.25, 0.3) is 0 Å². The molecule has 0 atom stereocenters. The molecule has 30 heavy (non-hydrogen) atoms. The monoisotopic (exact) mass is 414 g/mol. The maximum atomic E-state index is 12.3. The molecule has 0 aliphatic rings. The van der Waals surface area contributed by atoms with Gasteiger partial charge >= 0.3 is 11.9 Å². The predicted octanol–water partition coefficient (Wildman–Crippen LogP) is 1.85. The van der Waals surface area contributed by atoms with Gasteiger partial charge in [-0.1, -0.05) is 0 Å². The number of benzene rings is 2. The summed E-state index contributed by atoms with van der Waals surface area (Å²) in [5, 5.41) is 8.04. The molecule has 2 amide bonds. The molecule has 10 nitrogen and oxygen atoms in total. The zero-order valence-corrected chi connectivity index (χ0v) is 16.7. The maximum Gasteiger partial charge on any atom is 0.340 e. The Bertz CT molecular complexity index is 989. The van der Waals surface area contributed by atoms with Crippen molar-refractivity contribution in [2.75, 3.05) is 42.4 Å². The number of ether oxygens (including phenoxy) is 2. The molecule has 0 radical (unpaired) electrons. The molecule has 0 heterocycles. The summed E-state index contributed by atoms with van der Waals surface area (Å²) in [6, 6.07) is 8.99. The van der Waals surface area contributed by atoms with E-state index in [4.69, 9.17) is 10.5 Å². The summed E-state index contributed by atoms with van der Waals surface area (Å²) in [5.74, 6) is -1.98. The number of amides is 2. The van der Waals surface area contributed by atoms with Crippen LogP contribution in [0.1, 0.15) is 27.6 Å². The molecule has 0 fully saturated rings. The summed E-state index contributed by atoms with van der Waals surface area (Å²) in [6.07, 6.45) is 0. The first-order valence-electron chi connectivity index (χ1n) is 8.76. The van der Waals surface area contributed by atoms with Gasteiger partial charge in [-0.3, -0.25) is 9.59 Å². The third kappa shape index (κ3) is 5.71. The van der Waals surface area contributed by atoms with Crippen LogP contribution in [0.3, 0.4) is 0 Å². The van der Waals surface area contributed by atoms with Gasteiger partial charge in [0, 0.05) is 29.7 Å². The Hall–Kier alpha value is -4.08. The van der Waals surface area contributed by atoms with E-state index in [2.05, 4.69) is 20.7 Å². The third-order valence-corrected chi connectivity index (χ3v) is 3.93. The zero-order valence-electron chi connectivity index (χ0n) is 16.7.